The fourth-order valence-corrected chi connectivity index (χ4v) is 3.51. The number of benzene rings is 2. The summed E-state index contributed by atoms with van der Waals surface area (Å²) in [6, 6.07) is 11.4. The number of aromatic nitrogens is 4. The van der Waals surface area contributed by atoms with E-state index < -0.39 is 11.8 Å². The van der Waals surface area contributed by atoms with Crippen molar-refractivity contribution < 1.29 is 9.59 Å². The van der Waals surface area contributed by atoms with E-state index in [0.29, 0.717) is 11.6 Å². The maximum atomic E-state index is 13.2. The Morgan fingerprint density at radius 2 is 1.79 bits per heavy atom. The number of carbonyl (C=O) groups is 2. The fraction of sp³-hybridized carbons (Fsp3) is 0.143. The maximum Gasteiger partial charge on any atom is 0.275 e. The van der Waals surface area contributed by atoms with Crippen molar-refractivity contribution in [2.45, 2.75) is 20.8 Å². The number of hydrogen-bond acceptors (Lipinski definition) is 4. The Labute approximate surface area is 166 Å². The van der Waals surface area contributed by atoms with Crippen LogP contribution in [0.25, 0.3) is 17.0 Å². The second kappa shape index (κ2) is 6.90. The Balaban J connectivity index is 1.81. The van der Waals surface area contributed by atoms with Crippen LogP contribution in [0.5, 0.6) is 0 Å². The molecule has 0 unspecified atom stereocenters. The molecule has 0 bridgehead atoms. The van der Waals surface area contributed by atoms with Crippen LogP contribution in [0.1, 0.15) is 37.7 Å². The number of anilines is 1. The molecule has 0 aliphatic heterocycles. The maximum absolute atomic E-state index is 13.2. The Hall–Kier alpha value is -3.94. The quantitative estimate of drug-likeness (QED) is 0.498. The van der Waals surface area contributed by atoms with Crippen LogP contribution in [0.3, 0.4) is 0 Å². The third kappa shape index (κ3) is 3.25. The van der Waals surface area contributed by atoms with Crippen molar-refractivity contribution in [3.8, 4) is 5.95 Å². The zero-order valence-electron chi connectivity index (χ0n) is 16.3. The number of hydrogen-bond donors (Lipinski definition) is 3. The van der Waals surface area contributed by atoms with Crippen molar-refractivity contribution in [2.75, 3.05) is 5.32 Å². The summed E-state index contributed by atoms with van der Waals surface area (Å²) in [5, 5.41) is 2.90. The van der Waals surface area contributed by atoms with E-state index in [1.54, 1.807) is 0 Å². The van der Waals surface area contributed by atoms with Crippen molar-refractivity contribution in [1.82, 2.24) is 19.5 Å². The number of imidazole rings is 2. The number of carbonyl (C=O) groups excluding carboxylic acids is 2. The predicted octanol–water partition coefficient (Wildman–Crippen LogP) is 3.03. The summed E-state index contributed by atoms with van der Waals surface area (Å²) in [6.45, 7) is 5.83. The van der Waals surface area contributed by atoms with Gasteiger partial charge in [0.2, 0.25) is 5.95 Å². The molecule has 2 amide bonds. The molecule has 0 aliphatic rings. The first kappa shape index (κ1) is 18.4. The number of rotatable bonds is 4. The molecule has 2 aromatic carbocycles. The third-order valence-electron chi connectivity index (χ3n) is 4.74. The van der Waals surface area contributed by atoms with E-state index in [1.165, 1.54) is 10.9 Å². The molecule has 0 radical (unpaired) electrons. The highest BCUT2D eigenvalue weighted by Gasteiger charge is 2.25. The van der Waals surface area contributed by atoms with Crippen LogP contribution in [-0.4, -0.2) is 31.3 Å². The van der Waals surface area contributed by atoms with Gasteiger partial charge >= 0.3 is 0 Å². The van der Waals surface area contributed by atoms with E-state index in [4.69, 9.17) is 5.73 Å². The van der Waals surface area contributed by atoms with Crippen molar-refractivity contribution in [3.63, 3.8) is 0 Å². The van der Waals surface area contributed by atoms with Gasteiger partial charge in [-0.3, -0.25) is 14.2 Å². The largest absolute Gasteiger partial charge is 0.364 e. The SMILES string of the molecule is Cc1cc(C)c(NC(=O)c2c(C(N)=O)ncn2-c2nc3ccccc3[nH]2)c(C)c1. The molecule has 2 aromatic heterocycles. The number of primary amides is 1. The van der Waals surface area contributed by atoms with Crippen LogP contribution in [-0.2, 0) is 0 Å². The van der Waals surface area contributed by atoms with Crippen LogP contribution in [0.2, 0.25) is 0 Å². The molecule has 4 aromatic rings. The smallest absolute Gasteiger partial charge is 0.275 e. The molecule has 8 heteroatoms. The summed E-state index contributed by atoms with van der Waals surface area (Å²) in [7, 11) is 0. The highest BCUT2D eigenvalue weighted by atomic mass is 16.2. The van der Waals surface area contributed by atoms with Gasteiger partial charge in [0.05, 0.1) is 11.0 Å². The van der Waals surface area contributed by atoms with Crippen LogP contribution >= 0.6 is 0 Å². The summed E-state index contributed by atoms with van der Waals surface area (Å²) in [6.07, 6.45) is 1.36. The topological polar surface area (TPSA) is 119 Å². The summed E-state index contributed by atoms with van der Waals surface area (Å²) in [5.74, 6) is -0.914. The minimum absolute atomic E-state index is 0.0240. The molecular formula is C21H20N6O2. The van der Waals surface area contributed by atoms with E-state index in [0.717, 1.165) is 27.7 Å². The van der Waals surface area contributed by atoms with Gasteiger partial charge in [-0.05, 0) is 44.0 Å². The molecular weight excluding hydrogens is 368 g/mol. The summed E-state index contributed by atoms with van der Waals surface area (Å²) in [5.41, 5.74) is 10.5. The lowest BCUT2D eigenvalue weighted by molar-refractivity contribution is 0.0971. The van der Waals surface area contributed by atoms with Gasteiger partial charge in [0.1, 0.15) is 12.0 Å². The number of H-pyrrole nitrogens is 1. The van der Waals surface area contributed by atoms with Crippen molar-refractivity contribution in [3.05, 3.63) is 70.8 Å². The van der Waals surface area contributed by atoms with Gasteiger partial charge in [0.15, 0.2) is 5.69 Å². The molecule has 29 heavy (non-hydrogen) atoms. The van der Waals surface area contributed by atoms with Crippen molar-refractivity contribution in [1.29, 1.82) is 0 Å². The molecule has 2 heterocycles. The molecule has 0 atom stereocenters. The monoisotopic (exact) mass is 388 g/mol. The molecule has 8 nitrogen and oxygen atoms in total. The summed E-state index contributed by atoms with van der Waals surface area (Å²) in [4.78, 5) is 36.8. The van der Waals surface area contributed by atoms with E-state index in [1.807, 2.05) is 57.2 Å². The Kier molecular flexibility index (Phi) is 4.38. The van der Waals surface area contributed by atoms with E-state index >= 15 is 0 Å². The lowest BCUT2D eigenvalue weighted by Gasteiger charge is -2.14. The standard InChI is InChI=1S/C21H20N6O2/c1-11-8-12(2)16(13(3)9-11)26-20(29)18-17(19(22)28)23-10-27(18)21-24-14-6-4-5-7-15(14)25-21/h4-10H,1-3H3,(H2,22,28)(H,24,25)(H,26,29). The second-order valence-corrected chi connectivity index (χ2v) is 6.98. The van der Waals surface area contributed by atoms with Crippen molar-refractivity contribution in [2.24, 2.45) is 5.73 Å². The lowest BCUT2D eigenvalue weighted by Crippen LogP contribution is -2.23. The summed E-state index contributed by atoms with van der Waals surface area (Å²) < 4.78 is 1.44. The molecule has 0 spiro atoms. The van der Waals surface area contributed by atoms with Crippen LogP contribution in [0.4, 0.5) is 5.69 Å². The van der Waals surface area contributed by atoms with Gasteiger partial charge in [0, 0.05) is 5.69 Å². The van der Waals surface area contributed by atoms with Crippen LogP contribution < -0.4 is 11.1 Å². The van der Waals surface area contributed by atoms with Gasteiger partial charge in [-0.15, -0.1) is 0 Å². The average molecular weight is 388 g/mol. The molecule has 4 rings (SSSR count). The zero-order chi connectivity index (χ0) is 20.7. The first-order chi connectivity index (χ1) is 13.8. The number of para-hydroxylation sites is 2. The number of aryl methyl sites for hydroxylation is 3. The first-order valence-corrected chi connectivity index (χ1v) is 9.06. The van der Waals surface area contributed by atoms with Crippen LogP contribution in [0, 0.1) is 20.8 Å². The number of nitrogens with one attached hydrogen (secondary N) is 2. The molecule has 0 saturated heterocycles. The Morgan fingerprint density at radius 1 is 1.10 bits per heavy atom. The van der Waals surface area contributed by atoms with Crippen molar-refractivity contribution >= 4 is 28.5 Å². The number of nitrogens with two attached hydrogens (primary N) is 1. The van der Waals surface area contributed by atoms with E-state index in [-0.39, 0.29) is 11.4 Å². The molecule has 4 N–H and O–H groups in total. The highest BCUT2D eigenvalue weighted by Crippen LogP contribution is 2.24. The van der Waals surface area contributed by atoms with E-state index in [9.17, 15) is 9.59 Å². The fourth-order valence-electron chi connectivity index (χ4n) is 3.51. The predicted molar refractivity (Wildman–Crippen MR) is 110 cm³/mol. The lowest BCUT2D eigenvalue weighted by atomic mass is 10.0. The number of fused-ring (bicyclic) bond motifs is 1. The van der Waals surface area contributed by atoms with Gasteiger partial charge in [-0.2, -0.15) is 0 Å². The minimum atomic E-state index is -0.789. The van der Waals surface area contributed by atoms with Gasteiger partial charge < -0.3 is 16.0 Å². The molecule has 0 saturated carbocycles. The normalized spacial score (nSPS) is 11.0. The van der Waals surface area contributed by atoms with Gasteiger partial charge in [0.25, 0.3) is 11.8 Å². The molecule has 0 fully saturated rings. The van der Waals surface area contributed by atoms with E-state index in [2.05, 4.69) is 20.3 Å². The number of nitrogens with zero attached hydrogens (tertiary/aromatic N) is 3. The molecule has 0 aliphatic carbocycles. The van der Waals surface area contributed by atoms with Gasteiger partial charge in [-0.1, -0.05) is 29.8 Å². The second-order valence-electron chi connectivity index (χ2n) is 6.98. The molecule has 146 valence electrons. The third-order valence-corrected chi connectivity index (χ3v) is 4.74. The minimum Gasteiger partial charge on any atom is -0.364 e. The highest BCUT2D eigenvalue weighted by molar-refractivity contribution is 6.10. The first-order valence-electron chi connectivity index (χ1n) is 9.06. The van der Waals surface area contributed by atoms with Gasteiger partial charge in [-0.25, -0.2) is 9.97 Å². The summed E-state index contributed by atoms with van der Waals surface area (Å²) >= 11 is 0. The average Bonchev–Trinajstić information content (AvgIpc) is 3.28. The Morgan fingerprint density at radius 3 is 2.45 bits per heavy atom. The number of amides is 2. The van der Waals surface area contributed by atoms with Crippen LogP contribution in [0.15, 0.2) is 42.7 Å². The number of aromatic amines is 1. The zero-order valence-corrected chi connectivity index (χ0v) is 16.3. The Bertz CT molecular complexity index is 1210.